The lowest BCUT2D eigenvalue weighted by molar-refractivity contribution is -0.117. The highest BCUT2D eigenvalue weighted by Crippen LogP contribution is 2.32. The van der Waals surface area contributed by atoms with Crippen molar-refractivity contribution >= 4 is 23.2 Å². The Bertz CT molecular complexity index is 427. The summed E-state index contributed by atoms with van der Waals surface area (Å²) < 4.78 is 5.52. The van der Waals surface area contributed by atoms with Gasteiger partial charge < -0.3 is 10.1 Å². The van der Waals surface area contributed by atoms with Crippen LogP contribution in [-0.2, 0) is 4.79 Å². The van der Waals surface area contributed by atoms with Crippen molar-refractivity contribution < 1.29 is 9.53 Å². The van der Waals surface area contributed by atoms with Crippen molar-refractivity contribution in [2.24, 2.45) is 5.92 Å². The van der Waals surface area contributed by atoms with Gasteiger partial charge in [0.15, 0.2) is 0 Å². The van der Waals surface area contributed by atoms with Crippen LogP contribution in [0.5, 0.6) is 5.75 Å². The third-order valence-corrected chi connectivity index (χ3v) is 2.81. The van der Waals surface area contributed by atoms with Crippen molar-refractivity contribution in [1.82, 2.24) is 0 Å². The summed E-state index contributed by atoms with van der Waals surface area (Å²) in [6, 6.07) is 5.31. The molecule has 2 rings (SSSR count). The maximum absolute atomic E-state index is 11.6. The van der Waals surface area contributed by atoms with Crippen molar-refractivity contribution in [3.8, 4) is 5.75 Å². The molecule has 0 spiro atoms. The van der Waals surface area contributed by atoms with Gasteiger partial charge in [-0.05, 0) is 44.9 Å². The minimum Gasteiger partial charge on any atom is -0.489 e. The van der Waals surface area contributed by atoms with Crippen LogP contribution in [0, 0.1) is 5.92 Å². The molecule has 1 aromatic rings. The van der Waals surface area contributed by atoms with Crippen molar-refractivity contribution in [3.05, 3.63) is 23.2 Å². The zero-order valence-corrected chi connectivity index (χ0v) is 10.8. The van der Waals surface area contributed by atoms with E-state index in [1.54, 1.807) is 12.1 Å². The molecular weight excluding hydrogens is 238 g/mol. The van der Waals surface area contributed by atoms with Gasteiger partial charge in [0.2, 0.25) is 5.91 Å². The minimum atomic E-state index is 0.0820. The van der Waals surface area contributed by atoms with E-state index in [2.05, 4.69) is 5.32 Å². The molecule has 0 heterocycles. The van der Waals surface area contributed by atoms with Gasteiger partial charge in [-0.1, -0.05) is 11.6 Å². The lowest BCUT2D eigenvalue weighted by Gasteiger charge is -2.12. The average molecular weight is 254 g/mol. The molecule has 3 nitrogen and oxygen atoms in total. The number of carbonyl (C=O) groups is 1. The maximum Gasteiger partial charge on any atom is 0.227 e. The van der Waals surface area contributed by atoms with E-state index < -0.39 is 0 Å². The molecule has 0 bridgehead atoms. The van der Waals surface area contributed by atoms with Crippen LogP contribution in [0.1, 0.15) is 26.7 Å². The van der Waals surface area contributed by atoms with E-state index in [9.17, 15) is 4.79 Å². The summed E-state index contributed by atoms with van der Waals surface area (Å²) in [6.45, 7) is 3.89. The van der Waals surface area contributed by atoms with E-state index in [4.69, 9.17) is 16.3 Å². The largest absolute Gasteiger partial charge is 0.489 e. The van der Waals surface area contributed by atoms with E-state index in [1.165, 1.54) is 0 Å². The zero-order valence-electron chi connectivity index (χ0n) is 10.00. The number of anilines is 1. The fourth-order valence-electron chi connectivity index (χ4n) is 1.52. The second-order valence-corrected chi connectivity index (χ2v) is 4.98. The summed E-state index contributed by atoms with van der Waals surface area (Å²) in [5, 5.41) is 3.37. The molecule has 1 aliphatic carbocycles. The Kier molecular flexibility index (Phi) is 3.57. The molecule has 1 aliphatic rings. The molecule has 92 valence electrons. The number of ether oxygens (including phenoxy) is 1. The van der Waals surface area contributed by atoms with E-state index in [0.29, 0.717) is 10.8 Å². The van der Waals surface area contributed by atoms with Crippen LogP contribution >= 0.6 is 11.6 Å². The lowest BCUT2D eigenvalue weighted by Crippen LogP contribution is -2.13. The Morgan fingerprint density at radius 2 is 2.18 bits per heavy atom. The van der Waals surface area contributed by atoms with Crippen molar-refractivity contribution in [2.45, 2.75) is 32.8 Å². The van der Waals surface area contributed by atoms with E-state index in [0.717, 1.165) is 18.5 Å². The molecule has 0 aromatic heterocycles. The summed E-state index contributed by atoms with van der Waals surface area (Å²) in [4.78, 5) is 11.6. The van der Waals surface area contributed by atoms with Crippen LogP contribution in [0.15, 0.2) is 18.2 Å². The molecule has 1 N–H and O–H groups in total. The van der Waals surface area contributed by atoms with Crippen molar-refractivity contribution in [3.63, 3.8) is 0 Å². The Labute approximate surface area is 106 Å². The first-order chi connectivity index (χ1) is 8.06. The summed E-state index contributed by atoms with van der Waals surface area (Å²) in [5.74, 6) is 0.921. The van der Waals surface area contributed by atoms with E-state index in [-0.39, 0.29) is 17.9 Å². The van der Waals surface area contributed by atoms with E-state index >= 15 is 0 Å². The molecule has 0 saturated heterocycles. The number of amides is 1. The number of rotatable bonds is 4. The Hall–Kier alpha value is -1.22. The number of nitrogens with one attached hydrogen (secondary N) is 1. The van der Waals surface area contributed by atoms with Gasteiger partial charge in [0.05, 0.1) is 11.1 Å². The zero-order chi connectivity index (χ0) is 12.4. The third kappa shape index (κ3) is 3.37. The van der Waals surface area contributed by atoms with Crippen LogP contribution < -0.4 is 10.1 Å². The molecule has 17 heavy (non-hydrogen) atoms. The summed E-state index contributed by atoms with van der Waals surface area (Å²) in [5.41, 5.74) is 0.725. The van der Waals surface area contributed by atoms with Gasteiger partial charge in [-0.15, -0.1) is 0 Å². The van der Waals surface area contributed by atoms with Crippen LogP contribution in [0.25, 0.3) is 0 Å². The monoisotopic (exact) mass is 253 g/mol. The number of benzene rings is 1. The first kappa shape index (κ1) is 12.2. The third-order valence-electron chi connectivity index (χ3n) is 2.51. The lowest BCUT2D eigenvalue weighted by atomic mass is 10.2. The molecular formula is C13H16ClNO2. The van der Waals surface area contributed by atoms with Crippen LogP contribution in [-0.4, -0.2) is 12.0 Å². The van der Waals surface area contributed by atoms with Gasteiger partial charge in [-0.2, -0.15) is 0 Å². The van der Waals surface area contributed by atoms with Gasteiger partial charge in [0, 0.05) is 11.6 Å². The van der Waals surface area contributed by atoms with Crippen LogP contribution in [0.4, 0.5) is 5.69 Å². The van der Waals surface area contributed by atoms with Crippen molar-refractivity contribution in [1.29, 1.82) is 0 Å². The second kappa shape index (κ2) is 4.96. The second-order valence-electron chi connectivity index (χ2n) is 4.58. The fourth-order valence-corrected chi connectivity index (χ4v) is 1.74. The number of hydrogen-bond acceptors (Lipinski definition) is 2. The topological polar surface area (TPSA) is 38.3 Å². The smallest absolute Gasteiger partial charge is 0.227 e. The maximum atomic E-state index is 11.6. The Morgan fingerprint density at radius 1 is 1.47 bits per heavy atom. The highest BCUT2D eigenvalue weighted by Gasteiger charge is 2.29. The Balaban J connectivity index is 2.04. The van der Waals surface area contributed by atoms with Gasteiger partial charge >= 0.3 is 0 Å². The predicted molar refractivity (Wildman–Crippen MR) is 68.6 cm³/mol. The highest BCUT2D eigenvalue weighted by atomic mass is 35.5. The molecule has 1 amide bonds. The van der Waals surface area contributed by atoms with Crippen LogP contribution in [0.2, 0.25) is 5.02 Å². The van der Waals surface area contributed by atoms with E-state index in [1.807, 2.05) is 19.9 Å². The molecule has 4 heteroatoms. The normalized spacial score (nSPS) is 14.8. The average Bonchev–Trinajstić information content (AvgIpc) is 3.05. The predicted octanol–water partition coefficient (Wildman–Crippen LogP) is 3.48. The van der Waals surface area contributed by atoms with Gasteiger partial charge in [-0.3, -0.25) is 4.79 Å². The first-order valence-electron chi connectivity index (χ1n) is 5.83. The molecule has 0 aliphatic heterocycles. The first-order valence-corrected chi connectivity index (χ1v) is 6.21. The standard InChI is InChI=1S/C13H16ClNO2/c1-8(2)17-12-6-5-10(7-11(12)14)15-13(16)9-3-4-9/h5-9H,3-4H2,1-2H3,(H,15,16). The highest BCUT2D eigenvalue weighted by molar-refractivity contribution is 6.32. The van der Waals surface area contributed by atoms with Gasteiger partial charge in [-0.25, -0.2) is 0 Å². The number of hydrogen-bond donors (Lipinski definition) is 1. The van der Waals surface area contributed by atoms with Gasteiger partial charge in [0.25, 0.3) is 0 Å². The number of halogens is 1. The molecule has 1 fully saturated rings. The van der Waals surface area contributed by atoms with Gasteiger partial charge in [0.1, 0.15) is 5.75 Å². The molecule has 0 unspecified atom stereocenters. The summed E-state index contributed by atoms with van der Waals surface area (Å²) in [6.07, 6.45) is 2.07. The summed E-state index contributed by atoms with van der Waals surface area (Å²) in [7, 11) is 0. The molecule has 0 atom stereocenters. The molecule has 1 aromatic carbocycles. The molecule has 1 saturated carbocycles. The summed E-state index contributed by atoms with van der Waals surface area (Å²) >= 11 is 6.08. The Morgan fingerprint density at radius 3 is 2.71 bits per heavy atom. The fraction of sp³-hybridized carbons (Fsp3) is 0.462. The number of carbonyl (C=O) groups excluding carboxylic acids is 1. The molecule has 0 radical (unpaired) electrons. The van der Waals surface area contributed by atoms with Crippen molar-refractivity contribution in [2.75, 3.05) is 5.32 Å². The van der Waals surface area contributed by atoms with Crippen LogP contribution in [0.3, 0.4) is 0 Å². The SMILES string of the molecule is CC(C)Oc1ccc(NC(=O)C2CC2)cc1Cl. The quantitative estimate of drug-likeness (QED) is 0.892. The minimum absolute atomic E-state index is 0.0820.